The first kappa shape index (κ1) is 22.9. The Labute approximate surface area is 182 Å². The van der Waals surface area contributed by atoms with E-state index in [1.807, 2.05) is 14.1 Å². The van der Waals surface area contributed by atoms with Crippen molar-refractivity contribution in [2.75, 3.05) is 33.8 Å². The van der Waals surface area contributed by atoms with Crippen LogP contribution in [-0.4, -0.2) is 101 Å². The first-order chi connectivity index (χ1) is 14.8. The molecule has 1 saturated heterocycles. The van der Waals surface area contributed by atoms with E-state index in [2.05, 4.69) is 24.8 Å². The minimum absolute atomic E-state index is 0.371. The minimum Gasteiger partial charge on any atom is -0.431 e. The van der Waals surface area contributed by atoms with E-state index in [9.17, 15) is 15.0 Å². The minimum atomic E-state index is -1.57. The highest BCUT2D eigenvalue weighted by Crippen LogP contribution is 2.40. The Kier molecular flexibility index (Phi) is 7.05. The van der Waals surface area contributed by atoms with Gasteiger partial charge in [0.1, 0.15) is 36.8 Å². The van der Waals surface area contributed by atoms with Gasteiger partial charge in [0.15, 0.2) is 17.5 Å². The molecule has 0 unspecified atom stereocenters. The van der Waals surface area contributed by atoms with Crippen molar-refractivity contribution in [3.8, 4) is 0 Å². The summed E-state index contributed by atoms with van der Waals surface area (Å²) in [5.74, 6) is 0.398. The van der Waals surface area contributed by atoms with E-state index in [0.29, 0.717) is 17.0 Å². The second-order valence-corrected chi connectivity index (χ2v) is 7.11. The summed E-state index contributed by atoms with van der Waals surface area (Å²) in [6.45, 7) is -0.371. The molecule has 0 spiro atoms. The Morgan fingerprint density at radius 1 is 1.42 bits per heavy atom. The van der Waals surface area contributed by atoms with Crippen LogP contribution in [0.25, 0.3) is 5.52 Å². The van der Waals surface area contributed by atoms with E-state index in [0.717, 1.165) is 0 Å². The summed E-state index contributed by atoms with van der Waals surface area (Å²) in [4.78, 5) is 25.7. The Morgan fingerprint density at radius 3 is 2.87 bits per heavy atom. The standard InChI is InChI=1S/C18H23ClN6O6/c1-20-7-18(15(27)14(26)12(31-18)6-29-17(28)30-8-19)13-5-4-11-16(22-10-24(2)3)21-9-23-25(11)13/h4-5,7,9-10,12,14-15,26-27H,6,8H2,1-3H3/t12-,14-,15-,18+/m1/s1. The van der Waals surface area contributed by atoms with Crippen LogP contribution in [-0.2, 0) is 19.8 Å². The molecule has 0 saturated carbocycles. The maximum atomic E-state index is 11.4. The quantitative estimate of drug-likeness (QED) is 0.261. The molecule has 1 aliphatic rings. The molecule has 3 heterocycles. The molecule has 1 fully saturated rings. The Hall–Kier alpha value is -2.80. The van der Waals surface area contributed by atoms with E-state index in [1.54, 1.807) is 23.4 Å². The van der Waals surface area contributed by atoms with Gasteiger partial charge in [0, 0.05) is 27.4 Å². The summed E-state index contributed by atoms with van der Waals surface area (Å²) in [7, 11) is 5.16. The number of aliphatic hydroxyl groups excluding tert-OH is 2. The topological polar surface area (TPSA) is 143 Å². The third-order valence-electron chi connectivity index (χ3n) is 4.59. The molecule has 2 aromatic rings. The van der Waals surface area contributed by atoms with Gasteiger partial charge in [-0.15, -0.1) is 0 Å². The largest absolute Gasteiger partial charge is 0.509 e. The molecule has 0 aliphatic carbocycles. The lowest BCUT2D eigenvalue weighted by Gasteiger charge is -2.27. The number of aromatic nitrogens is 3. The van der Waals surface area contributed by atoms with Gasteiger partial charge >= 0.3 is 6.16 Å². The molecule has 168 valence electrons. The first-order valence-electron chi connectivity index (χ1n) is 9.20. The Balaban J connectivity index is 1.99. The Morgan fingerprint density at radius 2 is 2.19 bits per heavy atom. The fraction of sp³-hybridized carbons (Fsp3) is 0.500. The van der Waals surface area contributed by atoms with Crippen LogP contribution >= 0.6 is 11.6 Å². The van der Waals surface area contributed by atoms with Crippen LogP contribution in [0, 0.1) is 0 Å². The van der Waals surface area contributed by atoms with Crippen molar-refractivity contribution in [3.63, 3.8) is 0 Å². The Bertz CT molecular complexity index is 982. The zero-order chi connectivity index (χ0) is 22.6. The van der Waals surface area contributed by atoms with Crippen molar-refractivity contribution < 1.29 is 29.2 Å². The number of hydrogen-bond donors (Lipinski definition) is 2. The maximum Gasteiger partial charge on any atom is 0.509 e. The van der Waals surface area contributed by atoms with Gasteiger partial charge < -0.3 is 29.3 Å². The van der Waals surface area contributed by atoms with Crippen molar-refractivity contribution in [2.45, 2.75) is 23.9 Å². The van der Waals surface area contributed by atoms with Gasteiger partial charge in [-0.05, 0) is 12.1 Å². The lowest BCUT2D eigenvalue weighted by Crippen LogP contribution is -2.43. The number of aliphatic imine (C=N–C) groups is 2. The third kappa shape index (κ3) is 4.46. The van der Waals surface area contributed by atoms with Gasteiger partial charge in [-0.3, -0.25) is 4.99 Å². The third-order valence-corrected chi connectivity index (χ3v) is 4.70. The van der Waals surface area contributed by atoms with Gasteiger partial charge in [-0.1, -0.05) is 11.6 Å². The molecule has 0 amide bonds. The molecule has 31 heavy (non-hydrogen) atoms. The molecule has 2 aromatic heterocycles. The zero-order valence-electron chi connectivity index (χ0n) is 17.1. The SMILES string of the molecule is CN=C[C@@]1(c2ccc3c(N=CN(C)C)ncnn23)O[C@H](COC(=O)OCCl)[C@@H](O)[C@H]1O. The average molecular weight is 455 g/mol. The summed E-state index contributed by atoms with van der Waals surface area (Å²) in [6.07, 6.45) is -0.631. The van der Waals surface area contributed by atoms with Crippen molar-refractivity contribution in [1.82, 2.24) is 19.5 Å². The molecule has 4 atom stereocenters. The van der Waals surface area contributed by atoms with E-state index in [-0.39, 0.29) is 12.7 Å². The summed E-state index contributed by atoms with van der Waals surface area (Å²) in [5.41, 5.74) is -0.633. The normalized spacial score (nSPS) is 26.2. The molecule has 1 aliphatic heterocycles. The highest BCUT2D eigenvalue weighted by Gasteiger charge is 2.56. The lowest BCUT2D eigenvalue weighted by molar-refractivity contribution is -0.0621. The molecule has 12 nitrogen and oxygen atoms in total. The highest BCUT2D eigenvalue weighted by molar-refractivity contribution is 6.17. The number of fused-ring (bicyclic) bond motifs is 1. The van der Waals surface area contributed by atoms with E-state index >= 15 is 0 Å². The molecule has 13 heteroatoms. The number of ether oxygens (including phenoxy) is 3. The highest BCUT2D eigenvalue weighted by atomic mass is 35.5. The molecule has 0 aromatic carbocycles. The van der Waals surface area contributed by atoms with Crippen LogP contribution in [0.5, 0.6) is 0 Å². The van der Waals surface area contributed by atoms with Crippen LogP contribution in [0.15, 0.2) is 28.4 Å². The number of nitrogens with zero attached hydrogens (tertiary/aromatic N) is 6. The molecule has 2 N–H and O–H groups in total. The van der Waals surface area contributed by atoms with Crippen LogP contribution in [0.1, 0.15) is 5.69 Å². The van der Waals surface area contributed by atoms with Crippen LogP contribution in [0.3, 0.4) is 0 Å². The lowest BCUT2D eigenvalue weighted by atomic mass is 9.92. The monoisotopic (exact) mass is 454 g/mol. The van der Waals surface area contributed by atoms with Gasteiger partial charge in [0.25, 0.3) is 0 Å². The van der Waals surface area contributed by atoms with Gasteiger partial charge in [0.2, 0.25) is 0 Å². The molecular weight excluding hydrogens is 432 g/mol. The molecule has 0 bridgehead atoms. The van der Waals surface area contributed by atoms with E-state index in [1.165, 1.54) is 24.1 Å². The first-order valence-corrected chi connectivity index (χ1v) is 9.74. The van der Waals surface area contributed by atoms with Crippen molar-refractivity contribution in [1.29, 1.82) is 0 Å². The molecule has 0 radical (unpaired) electrons. The predicted molar refractivity (Wildman–Crippen MR) is 111 cm³/mol. The van der Waals surface area contributed by atoms with Gasteiger partial charge in [0.05, 0.1) is 12.0 Å². The molecule has 3 rings (SSSR count). The second-order valence-electron chi connectivity index (χ2n) is 6.89. The summed E-state index contributed by atoms with van der Waals surface area (Å²) < 4.78 is 16.9. The van der Waals surface area contributed by atoms with Crippen molar-refractivity contribution >= 4 is 41.6 Å². The number of halogens is 1. The molecular formula is C18H23ClN6O6. The van der Waals surface area contributed by atoms with E-state index in [4.69, 9.17) is 21.1 Å². The summed E-state index contributed by atoms with van der Waals surface area (Å²) >= 11 is 5.32. The number of alkyl halides is 1. The number of rotatable bonds is 7. The summed E-state index contributed by atoms with van der Waals surface area (Å²) in [5, 5.41) is 25.7. The van der Waals surface area contributed by atoms with Crippen LogP contribution in [0.2, 0.25) is 0 Å². The van der Waals surface area contributed by atoms with Gasteiger partial charge in [-0.2, -0.15) is 5.10 Å². The smallest absolute Gasteiger partial charge is 0.431 e. The van der Waals surface area contributed by atoms with Crippen molar-refractivity contribution in [2.24, 2.45) is 9.98 Å². The number of aliphatic hydroxyl groups is 2. The van der Waals surface area contributed by atoms with Crippen LogP contribution in [0.4, 0.5) is 10.6 Å². The predicted octanol–water partition coefficient (Wildman–Crippen LogP) is 0.317. The number of hydrogen-bond acceptors (Lipinski definition) is 10. The zero-order valence-corrected chi connectivity index (χ0v) is 17.9. The maximum absolute atomic E-state index is 11.4. The fourth-order valence-corrected chi connectivity index (χ4v) is 3.37. The fourth-order valence-electron chi connectivity index (χ4n) is 3.28. The average Bonchev–Trinajstić information content (AvgIpc) is 3.27. The van der Waals surface area contributed by atoms with Gasteiger partial charge in [-0.25, -0.2) is 19.3 Å². The summed E-state index contributed by atoms with van der Waals surface area (Å²) in [6, 6.07) is 3.00. The number of carbonyl (C=O) groups is 1. The van der Waals surface area contributed by atoms with Crippen molar-refractivity contribution in [3.05, 3.63) is 24.2 Å². The van der Waals surface area contributed by atoms with Crippen LogP contribution < -0.4 is 0 Å². The second kappa shape index (κ2) is 9.56. The number of carbonyl (C=O) groups excluding carboxylic acids is 1. The van der Waals surface area contributed by atoms with E-state index < -0.39 is 30.1 Å².